The number of carbonyl (C=O) groups is 2. The quantitative estimate of drug-likeness (QED) is 0.776. The molecule has 1 aliphatic carbocycles. The lowest BCUT2D eigenvalue weighted by atomic mass is 9.65. The molecule has 31 heavy (non-hydrogen) atoms. The zero-order valence-electron chi connectivity index (χ0n) is 17.8. The van der Waals surface area contributed by atoms with Crippen LogP contribution in [0.5, 0.6) is 0 Å². The standard InChI is InChI=1S/C24H27N5O2/c1-3-21(30)28-13-10-24(16-28)14-18(15-24)29-20-7-5-4-6-19(20)25-23(29)26-22(31)17-8-11-27(2)12-9-17/h3-9,11,18H,1,10,12-16H2,2H3,(H,25,26,31)/t18-,24-. The van der Waals surface area contributed by atoms with Crippen LogP contribution in [0.15, 0.2) is 60.8 Å². The number of imidazole rings is 1. The molecular weight excluding hydrogens is 390 g/mol. The number of anilines is 1. The number of aromatic nitrogens is 2. The molecule has 1 saturated carbocycles. The maximum atomic E-state index is 12.9. The van der Waals surface area contributed by atoms with Gasteiger partial charge in [0.15, 0.2) is 0 Å². The van der Waals surface area contributed by atoms with Crippen LogP contribution in [0.4, 0.5) is 5.95 Å². The largest absolute Gasteiger partial charge is 0.377 e. The molecule has 2 amide bonds. The number of likely N-dealkylation sites (N-methyl/N-ethyl adjacent to an activating group) is 1. The lowest BCUT2D eigenvalue weighted by Crippen LogP contribution is -2.42. The first kappa shape index (κ1) is 19.6. The Bertz CT molecular complexity index is 1120. The maximum Gasteiger partial charge on any atom is 0.257 e. The summed E-state index contributed by atoms with van der Waals surface area (Å²) in [6, 6.07) is 8.25. The van der Waals surface area contributed by atoms with Crippen LogP contribution in [0.1, 0.15) is 25.3 Å². The molecule has 160 valence electrons. The maximum absolute atomic E-state index is 12.9. The van der Waals surface area contributed by atoms with E-state index < -0.39 is 0 Å². The van der Waals surface area contributed by atoms with Gasteiger partial charge in [0.1, 0.15) is 0 Å². The Labute approximate surface area is 181 Å². The summed E-state index contributed by atoms with van der Waals surface area (Å²) >= 11 is 0. The van der Waals surface area contributed by atoms with E-state index in [0.717, 1.165) is 43.4 Å². The molecule has 5 rings (SSSR count). The van der Waals surface area contributed by atoms with E-state index in [0.29, 0.717) is 18.1 Å². The van der Waals surface area contributed by atoms with Crippen LogP contribution in [0, 0.1) is 5.41 Å². The van der Waals surface area contributed by atoms with Crippen LogP contribution >= 0.6 is 0 Å². The second-order valence-corrected chi connectivity index (χ2v) is 8.94. The number of amides is 2. The number of hydrogen-bond acceptors (Lipinski definition) is 4. The van der Waals surface area contributed by atoms with Gasteiger partial charge in [0.25, 0.3) is 5.91 Å². The van der Waals surface area contributed by atoms with Gasteiger partial charge in [-0.05, 0) is 55.2 Å². The number of nitrogens with zero attached hydrogens (tertiary/aromatic N) is 4. The van der Waals surface area contributed by atoms with E-state index in [9.17, 15) is 9.59 Å². The number of hydrogen-bond donors (Lipinski definition) is 1. The van der Waals surface area contributed by atoms with E-state index in [1.807, 2.05) is 53.4 Å². The zero-order chi connectivity index (χ0) is 21.6. The van der Waals surface area contributed by atoms with E-state index >= 15 is 0 Å². The van der Waals surface area contributed by atoms with Crippen molar-refractivity contribution in [1.29, 1.82) is 0 Å². The van der Waals surface area contributed by atoms with Crippen molar-refractivity contribution in [2.75, 3.05) is 32.0 Å². The first-order valence-electron chi connectivity index (χ1n) is 10.8. The molecule has 7 nitrogen and oxygen atoms in total. The predicted octanol–water partition coefficient (Wildman–Crippen LogP) is 3.10. The first-order valence-corrected chi connectivity index (χ1v) is 10.8. The summed E-state index contributed by atoms with van der Waals surface area (Å²) in [5.41, 5.74) is 2.72. The fraction of sp³-hybridized carbons (Fsp3) is 0.375. The number of benzene rings is 1. The van der Waals surface area contributed by atoms with Gasteiger partial charge in [-0.2, -0.15) is 0 Å². The summed E-state index contributed by atoms with van der Waals surface area (Å²) in [5.74, 6) is 0.468. The summed E-state index contributed by atoms with van der Waals surface area (Å²) in [6.45, 7) is 5.90. The Morgan fingerprint density at radius 1 is 1.29 bits per heavy atom. The highest BCUT2D eigenvalue weighted by Gasteiger charge is 2.50. The third-order valence-electron chi connectivity index (χ3n) is 6.82. The fourth-order valence-electron chi connectivity index (χ4n) is 5.13. The lowest BCUT2D eigenvalue weighted by Gasteiger charge is -2.46. The number of rotatable bonds is 4. The van der Waals surface area contributed by atoms with Gasteiger partial charge < -0.3 is 14.4 Å². The van der Waals surface area contributed by atoms with Crippen molar-refractivity contribution in [2.45, 2.75) is 25.3 Å². The van der Waals surface area contributed by atoms with E-state index in [4.69, 9.17) is 4.98 Å². The van der Waals surface area contributed by atoms with Gasteiger partial charge >= 0.3 is 0 Å². The molecule has 3 heterocycles. The highest BCUT2D eigenvalue weighted by molar-refractivity contribution is 6.05. The SMILES string of the molecule is C=CC(=O)N1CC[C@]2(C1)C[C@H](n1c(NC(=O)C3=CCN(C)C=C3)nc3ccccc31)C2. The summed E-state index contributed by atoms with van der Waals surface area (Å²) in [5, 5.41) is 3.05. The molecule has 0 unspecified atom stereocenters. The Kier molecular flexibility index (Phi) is 4.68. The van der Waals surface area contributed by atoms with E-state index in [-0.39, 0.29) is 23.3 Å². The van der Waals surface area contributed by atoms with Gasteiger partial charge in [-0.3, -0.25) is 14.9 Å². The van der Waals surface area contributed by atoms with Gasteiger partial charge in [-0.1, -0.05) is 24.8 Å². The van der Waals surface area contributed by atoms with Crippen molar-refractivity contribution < 1.29 is 9.59 Å². The van der Waals surface area contributed by atoms with Gasteiger partial charge in [0.2, 0.25) is 11.9 Å². The topological polar surface area (TPSA) is 70.5 Å². The van der Waals surface area contributed by atoms with Gasteiger partial charge in [-0.15, -0.1) is 0 Å². The molecule has 1 aromatic carbocycles. The molecule has 2 aromatic rings. The molecule has 0 atom stereocenters. The highest BCUT2D eigenvalue weighted by atomic mass is 16.2. The third kappa shape index (κ3) is 3.44. The molecule has 1 spiro atoms. The van der Waals surface area contributed by atoms with Crippen molar-refractivity contribution in [1.82, 2.24) is 19.4 Å². The third-order valence-corrected chi connectivity index (χ3v) is 6.82. The molecule has 2 fully saturated rings. The van der Waals surface area contributed by atoms with Gasteiger partial charge in [-0.25, -0.2) is 4.98 Å². The number of fused-ring (bicyclic) bond motifs is 1. The number of carbonyl (C=O) groups excluding carboxylic acids is 2. The zero-order valence-corrected chi connectivity index (χ0v) is 17.8. The molecule has 1 aromatic heterocycles. The average molecular weight is 418 g/mol. The van der Waals surface area contributed by atoms with Crippen LogP contribution in [-0.4, -0.2) is 57.8 Å². The Morgan fingerprint density at radius 3 is 2.84 bits per heavy atom. The molecule has 1 saturated heterocycles. The van der Waals surface area contributed by atoms with E-state index in [1.165, 1.54) is 6.08 Å². The predicted molar refractivity (Wildman–Crippen MR) is 120 cm³/mol. The van der Waals surface area contributed by atoms with E-state index in [1.54, 1.807) is 0 Å². The van der Waals surface area contributed by atoms with E-state index in [2.05, 4.69) is 22.5 Å². The van der Waals surface area contributed by atoms with Crippen LogP contribution in [0.3, 0.4) is 0 Å². The average Bonchev–Trinajstić information content (AvgIpc) is 3.34. The summed E-state index contributed by atoms with van der Waals surface area (Å²) < 4.78 is 2.18. The van der Waals surface area contributed by atoms with Crippen molar-refractivity contribution in [3.63, 3.8) is 0 Å². The molecule has 3 aliphatic rings. The molecule has 0 bridgehead atoms. The Hall–Kier alpha value is -3.35. The summed E-state index contributed by atoms with van der Waals surface area (Å²) in [7, 11) is 1.97. The summed E-state index contributed by atoms with van der Waals surface area (Å²) in [6.07, 6.45) is 10.0. The smallest absolute Gasteiger partial charge is 0.257 e. The van der Waals surface area contributed by atoms with Crippen LogP contribution in [0.2, 0.25) is 0 Å². The molecule has 0 radical (unpaired) electrons. The fourth-order valence-corrected chi connectivity index (χ4v) is 5.13. The molecular formula is C24H27N5O2. The van der Waals surface area contributed by atoms with Crippen molar-refractivity contribution in [2.24, 2.45) is 5.41 Å². The normalized spacial score (nSPS) is 24.9. The second-order valence-electron chi connectivity index (χ2n) is 8.94. The minimum absolute atomic E-state index is 0.0146. The van der Waals surface area contributed by atoms with Crippen LogP contribution < -0.4 is 5.32 Å². The minimum atomic E-state index is -0.140. The molecule has 2 aliphatic heterocycles. The van der Waals surface area contributed by atoms with Gasteiger partial charge in [0.05, 0.1) is 11.0 Å². The molecule has 1 N–H and O–H groups in total. The van der Waals surface area contributed by atoms with Crippen molar-refractivity contribution in [3.05, 3.63) is 60.8 Å². The summed E-state index contributed by atoms with van der Waals surface area (Å²) in [4.78, 5) is 33.5. The monoisotopic (exact) mass is 417 g/mol. The second kappa shape index (κ2) is 7.41. The van der Waals surface area contributed by atoms with Crippen LogP contribution in [0.25, 0.3) is 11.0 Å². The Morgan fingerprint density at radius 2 is 2.10 bits per heavy atom. The molecule has 7 heteroatoms. The number of para-hydroxylation sites is 2. The number of likely N-dealkylation sites (tertiary alicyclic amines) is 1. The minimum Gasteiger partial charge on any atom is -0.377 e. The van der Waals surface area contributed by atoms with Crippen LogP contribution in [-0.2, 0) is 9.59 Å². The van der Waals surface area contributed by atoms with Gasteiger partial charge in [0, 0.05) is 38.3 Å². The van der Waals surface area contributed by atoms with Crippen molar-refractivity contribution in [3.8, 4) is 0 Å². The first-order chi connectivity index (χ1) is 15.0. The Balaban J connectivity index is 1.38. The lowest BCUT2D eigenvalue weighted by molar-refractivity contribution is -0.125. The number of nitrogens with one attached hydrogen (secondary N) is 1. The highest BCUT2D eigenvalue weighted by Crippen LogP contribution is 2.55. The van der Waals surface area contributed by atoms with Crippen molar-refractivity contribution >= 4 is 28.8 Å².